The second-order valence-electron chi connectivity index (χ2n) is 4.95. The number of benzene rings is 1. The molecule has 2 rings (SSSR count). The van der Waals surface area contributed by atoms with E-state index in [4.69, 9.17) is 0 Å². The van der Waals surface area contributed by atoms with E-state index in [1.165, 1.54) is 12.8 Å². The Morgan fingerprint density at radius 1 is 1.38 bits per heavy atom. The lowest BCUT2D eigenvalue weighted by Crippen LogP contribution is -2.39. The predicted octanol–water partition coefficient (Wildman–Crippen LogP) is 1.90. The molecule has 0 saturated heterocycles. The normalized spacial score (nSPS) is 14.7. The fourth-order valence-electron chi connectivity index (χ4n) is 1.81. The molecule has 0 unspecified atom stereocenters. The van der Waals surface area contributed by atoms with Gasteiger partial charge in [-0.15, -0.1) is 0 Å². The van der Waals surface area contributed by atoms with Gasteiger partial charge in [0.1, 0.15) is 0 Å². The molecule has 1 aromatic carbocycles. The number of nitrogens with one attached hydrogen (secondary N) is 3. The van der Waals surface area contributed by atoms with Gasteiger partial charge in [0.05, 0.1) is 6.54 Å². The van der Waals surface area contributed by atoms with Crippen molar-refractivity contribution < 1.29 is 4.79 Å². The lowest BCUT2D eigenvalue weighted by molar-refractivity contribution is 0.0954. The van der Waals surface area contributed by atoms with Gasteiger partial charge in [-0.2, -0.15) is 0 Å². The maximum absolute atomic E-state index is 11.9. The molecule has 114 valence electrons. The van der Waals surface area contributed by atoms with Crippen molar-refractivity contribution in [3.8, 4) is 0 Å². The number of carbonyl (C=O) groups is 1. The molecule has 0 radical (unpaired) electrons. The van der Waals surface area contributed by atoms with Gasteiger partial charge in [0, 0.05) is 29.2 Å². The van der Waals surface area contributed by atoms with Crippen LogP contribution in [0.1, 0.15) is 30.1 Å². The zero-order valence-electron chi connectivity index (χ0n) is 12.2. The van der Waals surface area contributed by atoms with E-state index >= 15 is 0 Å². The number of amides is 1. The Morgan fingerprint density at radius 3 is 2.86 bits per heavy atom. The fraction of sp³-hybridized carbons (Fsp3) is 0.467. The van der Waals surface area contributed by atoms with E-state index in [9.17, 15) is 4.79 Å². The van der Waals surface area contributed by atoms with Crippen LogP contribution in [0.25, 0.3) is 0 Å². The molecular weight excluding hydrogens is 332 g/mol. The van der Waals surface area contributed by atoms with Crippen molar-refractivity contribution in [3.05, 3.63) is 34.3 Å². The van der Waals surface area contributed by atoms with Gasteiger partial charge in [-0.3, -0.25) is 9.79 Å². The lowest BCUT2D eigenvalue weighted by Gasteiger charge is -2.10. The number of hydrogen-bond donors (Lipinski definition) is 3. The van der Waals surface area contributed by atoms with Crippen LogP contribution in [0.4, 0.5) is 0 Å². The van der Waals surface area contributed by atoms with E-state index in [1.54, 1.807) is 12.1 Å². The van der Waals surface area contributed by atoms with Gasteiger partial charge in [0.15, 0.2) is 5.96 Å². The highest BCUT2D eigenvalue weighted by Crippen LogP contribution is 2.18. The Hall–Kier alpha value is -1.56. The van der Waals surface area contributed by atoms with Crippen molar-refractivity contribution >= 4 is 27.8 Å². The van der Waals surface area contributed by atoms with Gasteiger partial charge in [-0.25, -0.2) is 0 Å². The lowest BCUT2D eigenvalue weighted by atomic mass is 10.2. The van der Waals surface area contributed by atoms with Crippen LogP contribution in [0.15, 0.2) is 33.7 Å². The number of hydrogen-bond acceptors (Lipinski definition) is 2. The molecule has 5 nitrogen and oxygen atoms in total. The van der Waals surface area contributed by atoms with Crippen LogP contribution in [-0.4, -0.2) is 37.5 Å². The van der Waals surface area contributed by atoms with Crippen LogP contribution >= 0.6 is 15.9 Å². The summed E-state index contributed by atoms with van der Waals surface area (Å²) in [5.41, 5.74) is 0.649. The zero-order chi connectivity index (χ0) is 15.1. The Labute approximate surface area is 133 Å². The molecule has 0 spiro atoms. The summed E-state index contributed by atoms with van der Waals surface area (Å²) >= 11 is 3.36. The molecule has 0 aromatic heterocycles. The van der Waals surface area contributed by atoms with Crippen molar-refractivity contribution in [1.82, 2.24) is 16.0 Å². The van der Waals surface area contributed by atoms with Crippen molar-refractivity contribution in [2.45, 2.75) is 25.8 Å². The molecule has 0 atom stereocenters. The zero-order valence-corrected chi connectivity index (χ0v) is 13.7. The summed E-state index contributed by atoms with van der Waals surface area (Å²) in [6.45, 7) is 3.95. The molecule has 1 aliphatic carbocycles. The third kappa shape index (κ3) is 5.75. The first kappa shape index (κ1) is 15.8. The molecule has 21 heavy (non-hydrogen) atoms. The van der Waals surface area contributed by atoms with Crippen LogP contribution in [0.5, 0.6) is 0 Å². The third-order valence-electron chi connectivity index (χ3n) is 3.02. The molecule has 1 fully saturated rings. The Bertz CT molecular complexity index is 514. The highest BCUT2D eigenvalue weighted by molar-refractivity contribution is 9.10. The van der Waals surface area contributed by atoms with E-state index in [0.29, 0.717) is 24.7 Å². The van der Waals surface area contributed by atoms with E-state index in [1.807, 2.05) is 19.1 Å². The maximum Gasteiger partial charge on any atom is 0.251 e. The van der Waals surface area contributed by atoms with Crippen LogP contribution in [0.3, 0.4) is 0 Å². The van der Waals surface area contributed by atoms with Crippen LogP contribution in [0, 0.1) is 0 Å². The van der Waals surface area contributed by atoms with Gasteiger partial charge in [0.25, 0.3) is 5.91 Å². The summed E-state index contributed by atoms with van der Waals surface area (Å²) in [4.78, 5) is 16.4. The summed E-state index contributed by atoms with van der Waals surface area (Å²) in [6.07, 6.45) is 2.42. The largest absolute Gasteiger partial charge is 0.357 e. The monoisotopic (exact) mass is 352 g/mol. The quantitative estimate of drug-likeness (QED) is 0.416. The number of rotatable bonds is 6. The predicted molar refractivity (Wildman–Crippen MR) is 88.6 cm³/mol. The summed E-state index contributed by atoms with van der Waals surface area (Å²) in [5, 5.41) is 9.41. The second kappa shape index (κ2) is 8.02. The average Bonchev–Trinajstić information content (AvgIpc) is 3.27. The first-order valence-electron chi connectivity index (χ1n) is 7.27. The molecular formula is C15H21BrN4O. The average molecular weight is 353 g/mol. The summed E-state index contributed by atoms with van der Waals surface area (Å²) in [6, 6.07) is 7.91. The molecule has 0 aliphatic heterocycles. The van der Waals surface area contributed by atoms with Crippen LogP contribution in [0.2, 0.25) is 0 Å². The SMILES string of the molecule is CCNC(=NCCNC(=O)c1cccc(Br)c1)NC1CC1. The number of carbonyl (C=O) groups excluding carboxylic acids is 1. The summed E-state index contributed by atoms with van der Waals surface area (Å²) in [5.74, 6) is 0.753. The Balaban J connectivity index is 1.75. The van der Waals surface area contributed by atoms with E-state index < -0.39 is 0 Å². The van der Waals surface area contributed by atoms with Crippen molar-refractivity contribution in [1.29, 1.82) is 0 Å². The topological polar surface area (TPSA) is 65.5 Å². The van der Waals surface area contributed by atoms with Crippen molar-refractivity contribution in [3.63, 3.8) is 0 Å². The molecule has 1 saturated carbocycles. The number of nitrogens with zero attached hydrogens (tertiary/aromatic N) is 1. The van der Waals surface area contributed by atoms with Gasteiger partial charge in [-0.05, 0) is 38.0 Å². The minimum absolute atomic E-state index is 0.0772. The highest BCUT2D eigenvalue weighted by Gasteiger charge is 2.21. The molecule has 0 bridgehead atoms. The van der Waals surface area contributed by atoms with Crippen LogP contribution in [-0.2, 0) is 0 Å². The van der Waals surface area contributed by atoms with E-state index in [0.717, 1.165) is 17.0 Å². The third-order valence-corrected chi connectivity index (χ3v) is 3.51. The van der Waals surface area contributed by atoms with Gasteiger partial charge in [-0.1, -0.05) is 22.0 Å². The molecule has 3 N–H and O–H groups in total. The van der Waals surface area contributed by atoms with E-state index in [2.05, 4.69) is 36.9 Å². The summed E-state index contributed by atoms with van der Waals surface area (Å²) < 4.78 is 0.899. The number of halogens is 1. The van der Waals surface area contributed by atoms with Gasteiger partial charge in [0.2, 0.25) is 0 Å². The van der Waals surface area contributed by atoms with Gasteiger partial charge < -0.3 is 16.0 Å². The van der Waals surface area contributed by atoms with Crippen molar-refractivity contribution in [2.75, 3.05) is 19.6 Å². The van der Waals surface area contributed by atoms with Gasteiger partial charge >= 0.3 is 0 Å². The maximum atomic E-state index is 11.9. The first-order valence-corrected chi connectivity index (χ1v) is 8.07. The number of aliphatic imine (C=N–C) groups is 1. The first-order chi connectivity index (χ1) is 10.2. The standard InChI is InChI=1S/C15H21BrN4O/c1-2-17-15(20-13-6-7-13)19-9-8-18-14(21)11-4-3-5-12(16)10-11/h3-5,10,13H,2,6-9H2,1H3,(H,18,21)(H2,17,19,20). The fourth-order valence-corrected chi connectivity index (χ4v) is 2.21. The van der Waals surface area contributed by atoms with Crippen molar-refractivity contribution in [2.24, 2.45) is 4.99 Å². The minimum Gasteiger partial charge on any atom is -0.357 e. The molecule has 1 aromatic rings. The Morgan fingerprint density at radius 2 is 2.19 bits per heavy atom. The van der Waals surface area contributed by atoms with E-state index in [-0.39, 0.29) is 5.91 Å². The molecule has 1 aliphatic rings. The molecule has 6 heteroatoms. The number of guanidine groups is 1. The van der Waals surface area contributed by atoms with Crippen LogP contribution < -0.4 is 16.0 Å². The minimum atomic E-state index is -0.0772. The summed E-state index contributed by atoms with van der Waals surface area (Å²) in [7, 11) is 0. The second-order valence-corrected chi connectivity index (χ2v) is 5.86. The smallest absolute Gasteiger partial charge is 0.251 e. The highest BCUT2D eigenvalue weighted by atomic mass is 79.9. The Kier molecular flexibility index (Phi) is 6.04. The molecule has 0 heterocycles. The molecule has 1 amide bonds.